The zero-order chi connectivity index (χ0) is 17.6. The molecule has 0 aliphatic heterocycles. The highest BCUT2D eigenvalue weighted by Gasteiger charge is 2.17. The molecule has 1 aromatic rings. The zero-order valence-corrected chi connectivity index (χ0v) is 14.0. The minimum absolute atomic E-state index is 0.110. The summed E-state index contributed by atoms with van der Waals surface area (Å²) >= 11 is 0. The van der Waals surface area contributed by atoms with E-state index in [1.54, 1.807) is 0 Å². The topological polar surface area (TPSA) is 106 Å². The van der Waals surface area contributed by atoms with Crippen molar-refractivity contribution in [2.75, 3.05) is 0 Å². The lowest BCUT2D eigenvalue weighted by Gasteiger charge is -2.10. The van der Waals surface area contributed by atoms with Crippen LogP contribution in [0.15, 0.2) is 14.7 Å². The lowest BCUT2D eigenvalue weighted by Crippen LogP contribution is -2.40. The molecule has 8 heteroatoms. The van der Waals surface area contributed by atoms with E-state index in [2.05, 4.69) is 17.5 Å². The first-order valence-electron chi connectivity index (χ1n) is 7.63. The van der Waals surface area contributed by atoms with Crippen LogP contribution in [0.3, 0.4) is 0 Å². The van der Waals surface area contributed by atoms with Gasteiger partial charge < -0.3 is 5.11 Å². The van der Waals surface area contributed by atoms with E-state index >= 15 is 0 Å². The van der Waals surface area contributed by atoms with Crippen LogP contribution in [0.25, 0.3) is 0 Å². The first-order valence-corrected chi connectivity index (χ1v) is 7.63. The lowest BCUT2D eigenvalue weighted by molar-refractivity contribution is -0.121. The third kappa shape index (κ3) is 4.54. The summed E-state index contributed by atoms with van der Waals surface area (Å²) in [7, 11) is 2.66. The summed E-state index contributed by atoms with van der Waals surface area (Å²) in [4.78, 5) is 35.4. The Labute approximate surface area is 134 Å². The Morgan fingerprint density at radius 1 is 1.17 bits per heavy atom. The average Bonchev–Trinajstić information content (AvgIpc) is 2.53. The van der Waals surface area contributed by atoms with Gasteiger partial charge in [-0.05, 0) is 13.3 Å². The first kappa shape index (κ1) is 18.7. The molecular formula is C15H24N4O4. The van der Waals surface area contributed by atoms with E-state index < -0.39 is 17.1 Å². The van der Waals surface area contributed by atoms with Gasteiger partial charge in [0.1, 0.15) is 5.56 Å². The molecule has 0 spiro atoms. The van der Waals surface area contributed by atoms with Crippen molar-refractivity contribution in [3.05, 3.63) is 26.4 Å². The van der Waals surface area contributed by atoms with Gasteiger partial charge in [0.05, 0.1) is 5.71 Å². The standard InChI is InChI=1S/C15H24N4O4/c1-5-6-7-8-9-11(20)17-16-10(2)12-13(21)18(3)15(23)19(4)14(12)22/h21H,5-9H2,1-4H3,(H,17,20). The summed E-state index contributed by atoms with van der Waals surface area (Å²) in [5.74, 6) is -0.724. The smallest absolute Gasteiger partial charge is 0.333 e. The third-order valence-corrected chi connectivity index (χ3v) is 3.60. The largest absolute Gasteiger partial charge is 0.494 e. The van der Waals surface area contributed by atoms with Gasteiger partial charge in [-0.2, -0.15) is 5.10 Å². The second-order valence-corrected chi connectivity index (χ2v) is 5.45. The van der Waals surface area contributed by atoms with Crippen LogP contribution in [0.2, 0.25) is 0 Å². The minimum atomic E-state index is -0.663. The first-order chi connectivity index (χ1) is 10.8. The fraction of sp³-hybridized carbons (Fsp3) is 0.600. The maximum absolute atomic E-state index is 12.1. The van der Waals surface area contributed by atoms with Crippen molar-refractivity contribution < 1.29 is 9.90 Å². The van der Waals surface area contributed by atoms with Gasteiger partial charge in [0, 0.05) is 20.5 Å². The van der Waals surface area contributed by atoms with Crippen molar-refractivity contribution in [1.29, 1.82) is 0 Å². The van der Waals surface area contributed by atoms with Gasteiger partial charge in [0.25, 0.3) is 5.56 Å². The summed E-state index contributed by atoms with van der Waals surface area (Å²) in [5, 5.41) is 13.8. The molecule has 8 nitrogen and oxygen atoms in total. The number of aromatic hydroxyl groups is 1. The fourth-order valence-corrected chi connectivity index (χ4v) is 2.12. The van der Waals surface area contributed by atoms with Gasteiger partial charge in [-0.1, -0.05) is 26.2 Å². The molecule has 0 saturated heterocycles. The van der Waals surface area contributed by atoms with E-state index in [4.69, 9.17) is 0 Å². The van der Waals surface area contributed by atoms with E-state index in [0.29, 0.717) is 6.42 Å². The number of nitrogens with one attached hydrogen (secondary N) is 1. The number of amides is 1. The molecule has 0 fully saturated rings. The highest BCUT2D eigenvalue weighted by molar-refractivity contribution is 6.00. The van der Waals surface area contributed by atoms with E-state index in [-0.39, 0.29) is 17.2 Å². The summed E-state index contributed by atoms with van der Waals surface area (Å²) in [5.41, 5.74) is 1.10. The van der Waals surface area contributed by atoms with Gasteiger partial charge >= 0.3 is 5.69 Å². The number of aromatic nitrogens is 2. The van der Waals surface area contributed by atoms with Crippen molar-refractivity contribution in [2.45, 2.75) is 46.0 Å². The molecular weight excluding hydrogens is 300 g/mol. The summed E-state index contributed by atoms with van der Waals surface area (Å²) in [6, 6.07) is 0. The van der Waals surface area contributed by atoms with E-state index in [0.717, 1.165) is 34.8 Å². The maximum atomic E-state index is 12.1. The van der Waals surface area contributed by atoms with E-state index in [1.807, 2.05) is 0 Å². The van der Waals surface area contributed by atoms with Crippen LogP contribution >= 0.6 is 0 Å². The van der Waals surface area contributed by atoms with Crippen LogP contribution in [-0.4, -0.2) is 25.9 Å². The van der Waals surface area contributed by atoms with Crippen LogP contribution in [0.4, 0.5) is 0 Å². The van der Waals surface area contributed by atoms with Crippen molar-refractivity contribution in [3.63, 3.8) is 0 Å². The molecule has 2 N–H and O–H groups in total. The van der Waals surface area contributed by atoms with Crippen LogP contribution in [0.1, 0.15) is 51.5 Å². The number of hydrazone groups is 1. The monoisotopic (exact) mass is 324 g/mol. The van der Waals surface area contributed by atoms with Gasteiger partial charge in [0.2, 0.25) is 11.8 Å². The van der Waals surface area contributed by atoms with E-state index in [1.165, 1.54) is 21.0 Å². The average molecular weight is 324 g/mol. The number of unbranched alkanes of at least 4 members (excludes halogenated alkanes) is 3. The summed E-state index contributed by atoms with van der Waals surface area (Å²) in [6.07, 6.45) is 4.29. The Bertz CT molecular complexity index is 715. The maximum Gasteiger partial charge on any atom is 0.333 e. The lowest BCUT2D eigenvalue weighted by atomic mass is 10.1. The number of nitrogens with zero attached hydrogens (tertiary/aromatic N) is 3. The molecule has 1 aromatic heterocycles. The van der Waals surface area contributed by atoms with Gasteiger partial charge in [0.15, 0.2) is 0 Å². The second-order valence-electron chi connectivity index (χ2n) is 5.45. The third-order valence-electron chi connectivity index (χ3n) is 3.60. The van der Waals surface area contributed by atoms with E-state index in [9.17, 15) is 19.5 Å². The molecule has 0 aliphatic rings. The predicted octanol–water partition coefficient (Wildman–Crippen LogP) is 0.600. The summed E-state index contributed by atoms with van der Waals surface area (Å²) in [6.45, 7) is 3.58. The van der Waals surface area contributed by atoms with Crippen LogP contribution in [0.5, 0.6) is 5.88 Å². The molecule has 128 valence electrons. The van der Waals surface area contributed by atoms with Crippen LogP contribution < -0.4 is 16.7 Å². The number of carbonyl (C=O) groups is 1. The Balaban J connectivity index is 2.90. The Morgan fingerprint density at radius 3 is 2.43 bits per heavy atom. The number of hydrogen-bond acceptors (Lipinski definition) is 5. The number of hydrogen-bond donors (Lipinski definition) is 2. The van der Waals surface area contributed by atoms with Crippen molar-refractivity contribution in [1.82, 2.24) is 14.6 Å². The normalized spacial score (nSPS) is 11.6. The molecule has 0 bridgehead atoms. The highest BCUT2D eigenvalue weighted by Crippen LogP contribution is 2.09. The summed E-state index contributed by atoms with van der Waals surface area (Å²) < 4.78 is 1.82. The van der Waals surface area contributed by atoms with Gasteiger partial charge in [-0.25, -0.2) is 10.2 Å². The molecule has 0 radical (unpaired) electrons. The van der Waals surface area contributed by atoms with Gasteiger partial charge in [-0.15, -0.1) is 0 Å². The zero-order valence-electron chi connectivity index (χ0n) is 14.0. The molecule has 0 atom stereocenters. The molecule has 0 saturated carbocycles. The Morgan fingerprint density at radius 2 is 1.83 bits per heavy atom. The Hall–Kier alpha value is -2.38. The van der Waals surface area contributed by atoms with Crippen molar-refractivity contribution in [2.24, 2.45) is 19.2 Å². The predicted molar refractivity (Wildman–Crippen MR) is 87.7 cm³/mol. The van der Waals surface area contributed by atoms with Crippen LogP contribution in [0, 0.1) is 0 Å². The quantitative estimate of drug-likeness (QED) is 0.435. The van der Waals surface area contributed by atoms with Gasteiger partial charge in [-0.3, -0.25) is 18.7 Å². The molecule has 0 aliphatic carbocycles. The van der Waals surface area contributed by atoms with Crippen molar-refractivity contribution in [3.8, 4) is 5.88 Å². The molecule has 0 unspecified atom stereocenters. The molecule has 1 heterocycles. The Kier molecular flexibility index (Phi) is 6.74. The number of rotatable bonds is 7. The van der Waals surface area contributed by atoms with Crippen molar-refractivity contribution >= 4 is 11.6 Å². The SMILES string of the molecule is CCCCCCC(=O)NN=C(C)c1c(O)n(C)c(=O)n(C)c1=O. The molecule has 1 rings (SSSR count). The minimum Gasteiger partial charge on any atom is -0.494 e. The molecule has 0 aromatic carbocycles. The fourth-order valence-electron chi connectivity index (χ4n) is 2.12. The second kappa shape index (κ2) is 8.30. The van der Waals surface area contributed by atoms with Crippen LogP contribution in [-0.2, 0) is 18.9 Å². The molecule has 23 heavy (non-hydrogen) atoms. The highest BCUT2D eigenvalue weighted by atomic mass is 16.3. The molecule has 1 amide bonds. The number of carbonyl (C=O) groups excluding carboxylic acids is 1.